The highest BCUT2D eigenvalue weighted by Gasteiger charge is 2.45. The number of rotatable bonds is 0. The molecule has 0 radical (unpaired) electrons. The summed E-state index contributed by atoms with van der Waals surface area (Å²) in [7, 11) is 0. The Labute approximate surface area is 66.4 Å². The molecule has 0 amide bonds. The average molecular weight is 201 g/mol. The standard InChI is InChI=1S/C7H5BrO2/c8-6-5(9)2-3-1-4(3)7(6)10/h2,4,6H,1H2. The van der Waals surface area contributed by atoms with Gasteiger partial charge in [-0.2, -0.15) is 0 Å². The zero-order valence-electron chi connectivity index (χ0n) is 5.13. The van der Waals surface area contributed by atoms with Crippen LogP contribution in [-0.2, 0) is 9.59 Å². The molecule has 2 rings (SSSR count). The predicted molar refractivity (Wildman–Crippen MR) is 38.9 cm³/mol. The van der Waals surface area contributed by atoms with Crippen LogP contribution >= 0.6 is 15.9 Å². The van der Waals surface area contributed by atoms with Crippen molar-refractivity contribution in [2.24, 2.45) is 5.92 Å². The first kappa shape index (κ1) is 6.28. The fraction of sp³-hybridized carbons (Fsp3) is 0.429. The van der Waals surface area contributed by atoms with Crippen LogP contribution in [0.5, 0.6) is 0 Å². The summed E-state index contributed by atoms with van der Waals surface area (Å²) in [4.78, 5) is 21.4. The Bertz CT molecular complexity index is 254. The lowest BCUT2D eigenvalue weighted by Gasteiger charge is -2.06. The summed E-state index contributed by atoms with van der Waals surface area (Å²) in [5, 5.41) is 0. The number of ketones is 2. The molecule has 2 atom stereocenters. The number of alkyl halides is 1. The second-order valence-electron chi connectivity index (χ2n) is 2.64. The largest absolute Gasteiger partial charge is 0.297 e. The number of carbonyl (C=O) groups excluding carboxylic acids is 2. The topological polar surface area (TPSA) is 34.1 Å². The van der Waals surface area contributed by atoms with E-state index in [1.165, 1.54) is 0 Å². The summed E-state index contributed by atoms with van der Waals surface area (Å²) < 4.78 is 0. The van der Waals surface area contributed by atoms with Crippen molar-refractivity contribution in [1.82, 2.24) is 0 Å². The van der Waals surface area contributed by atoms with Crippen LogP contribution < -0.4 is 0 Å². The zero-order chi connectivity index (χ0) is 7.30. The third kappa shape index (κ3) is 0.700. The van der Waals surface area contributed by atoms with Crippen LogP contribution in [0.25, 0.3) is 0 Å². The summed E-state index contributed by atoms with van der Waals surface area (Å²) in [6.45, 7) is 0. The molecular formula is C7H5BrO2. The van der Waals surface area contributed by atoms with Gasteiger partial charge in [-0.3, -0.25) is 9.59 Å². The minimum absolute atomic E-state index is 0.0440. The van der Waals surface area contributed by atoms with E-state index in [4.69, 9.17) is 0 Å². The average Bonchev–Trinajstić information content (AvgIpc) is 2.62. The lowest BCUT2D eigenvalue weighted by molar-refractivity contribution is -0.124. The van der Waals surface area contributed by atoms with Crippen LogP contribution in [0.15, 0.2) is 11.6 Å². The second-order valence-corrected chi connectivity index (χ2v) is 3.56. The van der Waals surface area contributed by atoms with E-state index in [2.05, 4.69) is 15.9 Å². The molecule has 2 aliphatic rings. The number of allylic oxidation sites excluding steroid dienone is 2. The van der Waals surface area contributed by atoms with E-state index in [0.717, 1.165) is 12.0 Å². The van der Waals surface area contributed by atoms with Gasteiger partial charge in [0.05, 0.1) is 0 Å². The van der Waals surface area contributed by atoms with E-state index >= 15 is 0 Å². The normalized spacial score (nSPS) is 37.1. The van der Waals surface area contributed by atoms with Crippen molar-refractivity contribution in [2.75, 3.05) is 0 Å². The molecule has 0 aromatic heterocycles. The van der Waals surface area contributed by atoms with Crippen molar-refractivity contribution in [3.63, 3.8) is 0 Å². The first-order valence-corrected chi connectivity index (χ1v) is 4.04. The second kappa shape index (κ2) is 1.78. The van der Waals surface area contributed by atoms with Gasteiger partial charge in [0.25, 0.3) is 0 Å². The molecule has 0 spiro atoms. The summed E-state index contributed by atoms with van der Waals surface area (Å²) in [5.41, 5.74) is 1.02. The molecule has 1 fully saturated rings. The maximum atomic E-state index is 11.1. The summed E-state index contributed by atoms with van der Waals surface area (Å²) in [6.07, 6.45) is 2.40. The smallest absolute Gasteiger partial charge is 0.176 e. The zero-order valence-corrected chi connectivity index (χ0v) is 6.72. The Hall–Kier alpha value is -0.440. The molecule has 52 valence electrons. The highest BCUT2D eigenvalue weighted by Crippen LogP contribution is 2.43. The quantitative estimate of drug-likeness (QED) is 0.430. The molecule has 3 heteroatoms. The van der Waals surface area contributed by atoms with Crippen molar-refractivity contribution < 1.29 is 9.59 Å². The molecule has 2 aliphatic carbocycles. The third-order valence-electron chi connectivity index (χ3n) is 1.90. The summed E-state index contributed by atoms with van der Waals surface area (Å²) >= 11 is 3.04. The molecule has 0 aliphatic heterocycles. The predicted octanol–water partition coefficient (Wildman–Crippen LogP) is 0.848. The van der Waals surface area contributed by atoms with Gasteiger partial charge in [0, 0.05) is 5.92 Å². The van der Waals surface area contributed by atoms with E-state index in [9.17, 15) is 9.59 Å². The minimum atomic E-state index is -0.552. The van der Waals surface area contributed by atoms with Crippen molar-refractivity contribution in [2.45, 2.75) is 11.2 Å². The Morgan fingerprint density at radius 3 is 2.90 bits per heavy atom. The Morgan fingerprint density at radius 2 is 2.20 bits per heavy atom. The lowest BCUT2D eigenvalue weighted by atomic mass is 10.1. The lowest BCUT2D eigenvalue weighted by Crippen LogP contribution is -2.26. The number of hydrogen-bond donors (Lipinski definition) is 0. The third-order valence-corrected chi connectivity index (χ3v) is 2.80. The van der Waals surface area contributed by atoms with Crippen LogP contribution in [0.3, 0.4) is 0 Å². The molecule has 0 saturated heterocycles. The first-order chi connectivity index (χ1) is 4.70. The van der Waals surface area contributed by atoms with E-state index in [-0.39, 0.29) is 17.5 Å². The molecule has 10 heavy (non-hydrogen) atoms. The molecule has 0 aromatic rings. The molecule has 2 unspecified atom stereocenters. The van der Waals surface area contributed by atoms with E-state index in [1.807, 2.05) is 0 Å². The SMILES string of the molecule is O=C1C=C2CC2C(=O)C1Br. The van der Waals surface area contributed by atoms with Crippen LogP contribution in [-0.4, -0.2) is 16.4 Å². The molecule has 1 saturated carbocycles. The van der Waals surface area contributed by atoms with Crippen molar-refractivity contribution >= 4 is 27.5 Å². The molecule has 0 N–H and O–H groups in total. The summed E-state index contributed by atoms with van der Waals surface area (Å²) in [6, 6.07) is 0. The Morgan fingerprint density at radius 1 is 1.50 bits per heavy atom. The van der Waals surface area contributed by atoms with Crippen molar-refractivity contribution in [1.29, 1.82) is 0 Å². The maximum absolute atomic E-state index is 11.1. The number of hydrogen-bond acceptors (Lipinski definition) is 2. The number of carbonyl (C=O) groups is 2. The van der Waals surface area contributed by atoms with Gasteiger partial charge in [-0.1, -0.05) is 21.5 Å². The van der Waals surface area contributed by atoms with Gasteiger partial charge < -0.3 is 0 Å². The molecular weight excluding hydrogens is 196 g/mol. The highest BCUT2D eigenvalue weighted by molar-refractivity contribution is 9.10. The fourth-order valence-electron chi connectivity index (χ4n) is 1.19. The van der Waals surface area contributed by atoms with Crippen LogP contribution in [0.1, 0.15) is 6.42 Å². The maximum Gasteiger partial charge on any atom is 0.176 e. The fourth-order valence-corrected chi connectivity index (χ4v) is 1.64. The number of halogens is 1. The molecule has 0 heterocycles. The van der Waals surface area contributed by atoms with E-state index < -0.39 is 4.83 Å². The minimum Gasteiger partial charge on any atom is -0.297 e. The van der Waals surface area contributed by atoms with Gasteiger partial charge in [0.15, 0.2) is 11.6 Å². The Balaban J connectivity index is 2.39. The van der Waals surface area contributed by atoms with Crippen LogP contribution in [0.2, 0.25) is 0 Å². The van der Waals surface area contributed by atoms with Gasteiger partial charge in [0.2, 0.25) is 0 Å². The van der Waals surface area contributed by atoms with E-state index in [1.54, 1.807) is 6.08 Å². The van der Waals surface area contributed by atoms with Crippen molar-refractivity contribution in [3.05, 3.63) is 11.6 Å². The molecule has 0 aromatic carbocycles. The van der Waals surface area contributed by atoms with Crippen LogP contribution in [0, 0.1) is 5.92 Å². The van der Waals surface area contributed by atoms with Crippen LogP contribution in [0.4, 0.5) is 0 Å². The van der Waals surface area contributed by atoms with Gasteiger partial charge >= 0.3 is 0 Å². The van der Waals surface area contributed by atoms with Gasteiger partial charge in [-0.15, -0.1) is 0 Å². The van der Waals surface area contributed by atoms with Gasteiger partial charge in [-0.25, -0.2) is 0 Å². The van der Waals surface area contributed by atoms with E-state index in [0.29, 0.717) is 0 Å². The summed E-state index contributed by atoms with van der Waals surface area (Å²) in [5.74, 6) is 0.0401. The Kier molecular flexibility index (Phi) is 1.12. The van der Waals surface area contributed by atoms with Crippen molar-refractivity contribution in [3.8, 4) is 0 Å². The number of fused-ring (bicyclic) bond motifs is 1. The molecule has 2 nitrogen and oxygen atoms in total. The van der Waals surface area contributed by atoms with Gasteiger partial charge in [0.1, 0.15) is 4.83 Å². The number of Topliss-reactive ketones (excluding diaryl/α,β-unsaturated/α-hetero) is 1. The highest BCUT2D eigenvalue weighted by atomic mass is 79.9. The van der Waals surface area contributed by atoms with Gasteiger partial charge in [-0.05, 0) is 12.5 Å². The first-order valence-electron chi connectivity index (χ1n) is 3.12. The molecule has 0 bridgehead atoms. The monoisotopic (exact) mass is 200 g/mol.